The van der Waals surface area contributed by atoms with Crippen LogP contribution in [0.25, 0.3) is 0 Å². The van der Waals surface area contributed by atoms with Crippen LogP contribution in [0, 0.1) is 0 Å². The molecule has 0 aliphatic rings. The molecule has 0 bridgehead atoms. The van der Waals surface area contributed by atoms with Crippen LogP contribution in [0.3, 0.4) is 0 Å². The minimum Gasteiger partial charge on any atom is -0.266 e. The van der Waals surface area contributed by atoms with Crippen LogP contribution in [0.5, 0.6) is 0 Å². The largest absolute Gasteiger partial charge is 0.267 e. The molecule has 0 N–H and O–H groups in total. The standard InChI is InChI=1S/C8H16O3S/c1-4-6-8(3)7-11-12(9,10)5-2/h3-7H2,1-2H3. The van der Waals surface area contributed by atoms with E-state index in [1.54, 1.807) is 6.92 Å². The molecule has 12 heavy (non-hydrogen) atoms. The van der Waals surface area contributed by atoms with Crippen LogP contribution >= 0.6 is 0 Å². The Balaban J connectivity index is 3.76. The lowest BCUT2D eigenvalue weighted by Crippen LogP contribution is -2.10. The Labute approximate surface area is 74.6 Å². The summed E-state index contributed by atoms with van der Waals surface area (Å²) in [7, 11) is -3.29. The lowest BCUT2D eigenvalue weighted by molar-refractivity contribution is 0.345. The van der Waals surface area contributed by atoms with Gasteiger partial charge in [-0.15, -0.1) is 0 Å². The van der Waals surface area contributed by atoms with Crippen LogP contribution in [-0.4, -0.2) is 20.8 Å². The summed E-state index contributed by atoms with van der Waals surface area (Å²) in [6, 6.07) is 0. The molecule has 0 aliphatic carbocycles. The van der Waals surface area contributed by atoms with Crippen molar-refractivity contribution in [3.05, 3.63) is 12.2 Å². The molecule has 0 rings (SSSR count). The second kappa shape index (κ2) is 5.32. The van der Waals surface area contributed by atoms with Crippen LogP contribution in [0.15, 0.2) is 12.2 Å². The maximum Gasteiger partial charge on any atom is 0.267 e. The van der Waals surface area contributed by atoms with E-state index in [1.807, 2.05) is 6.92 Å². The molecule has 0 saturated heterocycles. The molecule has 0 aromatic carbocycles. The maximum atomic E-state index is 10.8. The predicted molar refractivity (Wildman–Crippen MR) is 49.5 cm³/mol. The average Bonchev–Trinajstić information content (AvgIpc) is 2.02. The Morgan fingerprint density at radius 1 is 1.42 bits per heavy atom. The summed E-state index contributed by atoms with van der Waals surface area (Å²) < 4.78 is 26.4. The van der Waals surface area contributed by atoms with Crippen molar-refractivity contribution < 1.29 is 12.6 Å². The Morgan fingerprint density at radius 2 is 2.00 bits per heavy atom. The summed E-state index contributed by atoms with van der Waals surface area (Å²) in [6.45, 7) is 7.39. The highest BCUT2D eigenvalue weighted by molar-refractivity contribution is 7.86. The first kappa shape index (κ1) is 11.6. The van der Waals surface area contributed by atoms with Crippen LogP contribution in [0.4, 0.5) is 0 Å². The molecular weight excluding hydrogens is 176 g/mol. The van der Waals surface area contributed by atoms with Gasteiger partial charge >= 0.3 is 0 Å². The minimum absolute atomic E-state index is 0.0202. The topological polar surface area (TPSA) is 43.4 Å². The van der Waals surface area contributed by atoms with Gasteiger partial charge in [-0.25, -0.2) is 0 Å². The fourth-order valence-corrected chi connectivity index (χ4v) is 1.20. The summed E-state index contributed by atoms with van der Waals surface area (Å²) in [5.41, 5.74) is 0.828. The van der Waals surface area contributed by atoms with Crippen LogP contribution in [0.1, 0.15) is 26.7 Å². The van der Waals surface area contributed by atoms with E-state index in [2.05, 4.69) is 10.8 Å². The molecular formula is C8H16O3S. The monoisotopic (exact) mass is 192 g/mol. The Kier molecular flexibility index (Phi) is 5.17. The summed E-state index contributed by atoms with van der Waals surface area (Å²) in [6.07, 6.45) is 1.79. The van der Waals surface area contributed by atoms with Gasteiger partial charge in [0.2, 0.25) is 0 Å². The highest BCUT2D eigenvalue weighted by Gasteiger charge is 2.07. The van der Waals surface area contributed by atoms with Crippen molar-refractivity contribution in [2.45, 2.75) is 26.7 Å². The molecule has 0 aromatic heterocycles. The van der Waals surface area contributed by atoms with E-state index in [0.29, 0.717) is 0 Å². The molecule has 0 saturated carbocycles. The molecule has 0 atom stereocenters. The van der Waals surface area contributed by atoms with Crippen molar-refractivity contribution in [3.8, 4) is 0 Å². The van der Waals surface area contributed by atoms with E-state index in [9.17, 15) is 8.42 Å². The lowest BCUT2D eigenvalue weighted by Gasteiger charge is -2.04. The molecule has 0 spiro atoms. The molecule has 0 amide bonds. The molecule has 0 unspecified atom stereocenters. The lowest BCUT2D eigenvalue weighted by atomic mass is 10.2. The molecule has 0 radical (unpaired) electrons. The molecule has 0 heterocycles. The van der Waals surface area contributed by atoms with Crippen molar-refractivity contribution in [2.75, 3.05) is 12.4 Å². The number of rotatable bonds is 6. The summed E-state index contributed by atoms with van der Waals surface area (Å²) in [5.74, 6) is 0.0202. The van der Waals surface area contributed by atoms with Gasteiger partial charge in [-0.3, -0.25) is 4.18 Å². The van der Waals surface area contributed by atoms with Crippen molar-refractivity contribution in [3.63, 3.8) is 0 Å². The van der Waals surface area contributed by atoms with Gasteiger partial charge < -0.3 is 0 Å². The highest BCUT2D eigenvalue weighted by Crippen LogP contribution is 2.04. The number of hydrogen-bond donors (Lipinski definition) is 0. The van der Waals surface area contributed by atoms with Crippen LogP contribution < -0.4 is 0 Å². The van der Waals surface area contributed by atoms with Gasteiger partial charge in [0.05, 0.1) is 12.4 Å². The van der Waals surface area contributed by atoms with Gasteiger partial charge in [0.25, 0.3) is 10.1 Å². The smallest absolute Gasteiger partial charge is 0.266 e. The van der Waals surface area contributed by atoms with E-state index in [1.165, 1.54) is 0 Å². The molecule has 4 heteroatoms. The van der Waals surface area contributed by atoms with Gasteiger partial charge in [0.15, 0.2) is 0 Å². The first-order valence-corrected chi connectivity index (χ1v) is 5.63. The van der Waals surface area contributed by atoms with Gasteiger partial charge in [0.1, 0.15) is 0 Å². The SMILES string of the molecule is C=C(CCC)COS(=O)(=O)CC. The van der Waals surface area contributed by atoms with Gasteiger partial charge in [-0.05, 0) is 13.3 Å². The Bertz CT molecular complexity index is 229. The quantitative estimate of drug-likeness (QED) is 0.475. The Hall–Kier alpha value is -0.350. The molecule has 3 nitrogen and oxygen atoms in total. The first-order valence-electron chi connectivity index (χ1n) is 4.05. The van der Waals surface area contributed by atoms with Crippen LogP contribution in [-0.2, 0) is 14.3 Å². The second-order valence-corrected chi connectivity index (χ2v) is 4.54. The van der Waals surface area contributed by atoms with E-state index in [-0.39, 0.29) is 12.4 Å². The Morgan fingerprint density at radius 3 is 2.42 bits per heavy atom. The zero-order valence-electron chi connectivity index (χ0n) is 7.67. The summed E-state index contributed by atoms with van der Waals surface area (Å²) in [5, 5.41) is 0. The van der Waals surface area contributed by atoms with Crippen molar-refractivity contribution >= 4 is 10.1 Å². The fourth-order valence-electron chi connectivity index (χ4n) is 0.682. The third-order valence-electron chi connectivity index (χ3n) is 1.40. The predicted octanol–water partition coefficient (Wildman–Crippen LogP) is 1.71. The minimum atomic E-state index is -3.29. The maximum absolute atomic E-state index is 10.8. The zero-order valence-corrected chi connectivity index (χ0v) is 8.49. The van der Waals surface area contributed by atoms with Crippen molar-refractivity contribution in [1.82, 2.24) is 0 Å². The summed E-state index contributed by atoms with van der Waals surface area (Å²) >= 11 is 0. The molecule has 0 aromatic rings. The fraction of sp³-hybridized carbons (Fsp3) is 0.750. The van der Waals surface area contributed by atoms with E-state index in [0.717, 1.165) is 18.4 Å². The third-order valence-corrected chi connectivity index (χ3v) is 2.58. The molecule has 0 fully saturated rings. The first-order chi connectivity index (χ1) is 5.52. The van der Waals surface area contributed by atoms with E-state index >= 15 is 0 Å². The second-order valence-electron chi connectivity index (χ2n) is 2.61. The van der Waals surface area contributed by atoms with E-state index < -0.39 is 10.1 Å². The third kappa shape index (κ3) is 5.32. The van der Waals surface area contributed by atoms with Crippen molar-refractivity contribution in [2.24, 2.45) is 0 Å². The average molecular weight is 192 g/mol. The molecule has 72 valence electrons. The van der Waals surface area contributed by atoms with Crippen LogP contribution in [0.2, 0.25) is 0 Å². The van der Waals surface area contributed by atoms with Gasteiger partial charge in [-0.1, -0.05) is 25.5 Å². The van der Waals surface area contributed by atoms with E-state index in [4.69, 9.17) is 0 Å². The van der Waals surface area contributed by atoms with Crippen molar-refractivity contribution in [1.29, 1.82) is 0 Å². The molecule has 0 aliphatic heterocycles. The zero-order chi connectivity index (χ0) is 9.61. The van der Waals surface area contributed by atoms with Gasteiger partial charge in [0, 0.05) is 0 Å². The normalized spacial score (nSPS) is 11.5. The highest BCUT2D eigenvalue weighted by atomic mass is 32.2. The number of hydrogen-bond acceptors (Lipinski definition) is 3. The van der Waals surface area contributed by atoms with Gasteiger partial charge in [-0.2, -0.15) is 8.42 Å². The summed E-state index contributed by atoms with van der Waals surface area (Å²) in [4.78, 5) is 0.